The number of pyridine rings is 1. The number of aryl methyl sites for hydroxylation is 1. The lowest BCUT2D eigenvalue weighted by atomic mass is 10.1. The van der Waals surface area contributed by atoms with Crippen molar-refractivity contribution >= 4 is 5.65 Å². The Labute approximate surface area is 112 Å². The molecule has 0 aliphatic rings. The number of benzene rings is 1. The molecule has 2 aromatic heterocycles. The van der Waals surface area contributed by atoms with Crippen LogP contribution in [0, 0.1) is 6.92 Å². The van der Waals surface area contributed by atoms with Gasteiger partial charge in [0.1, 0.15) is 0 Å². The van der Waals surface area contributed by atoms with Gasteiger partial charge in [0.2, 0.25) is 0 Å². The van der Waals surface area contributed by atoms with Gasteiger partial charge < -0.3 is 0 Å². The fourth-order valence-corrected chi connectivity index (χ4v) is 1.91. The van der Waals surface area contributed by atoms with Gasteiger partial charge in [-0.3, -0.25) is 0 Å². The van der Waals surface area contributed by atoms with Crippen molar-refractivity contribution in [3.8, 4) is 11.4 Å². The number of halogens is 3. The van der Waals surface area contributed by atoms with Crippen LogP contribution < -0.4 is 0 Å². The summed E-state index contributed by atoms with van der Waals surface area (Å²) in [5, 5.41) is 4.24. The normalized spacial score (nSPS) is 12.0. The summed E-state index contributed by atoms with van der Waals surface area (Å²) in [6.45, 7) is 1.94. The molecule has 0 amide bonds. The summed E-state index contributed by atoms with van der Waals surface area (Å²) >= 11 is 0. The molecule has 3 nitrogen and oxygen atoms in total. The maximum atomic E-state index is 12.5. The van der Waals surface area contributed by atoms with E-state index >= 15 is 0 Å². The van der Waals surface area contributed by atoms with E-state index in [0.717, 1.165) is 17.7 Å². The van der Waals surface area contributed by atoms with Gasteiger partial charge in [-0.25, -0.2) is 9.50 Å². The molecule has 0 bridgehead atoms. The van der Waals surface area contributed by atoms with Crippen LogP contribution in [0.15, 0.2) is 42.6 Å². The molecule has 3 aromatic rings. The van der Waals surface area contributed by atoms with E-state index in [0.29, 0.717) is 17.0 Å². The summed E-state index contributed by atoms with van der Waals surface area (Å²) in [6, 6.07) is 8.58. The van der Waals surface area contributed by atoms with Crippen LogP contribution in [0.3, 0.4) is 0 Å². The van der Waals surface area contributed by atoms with Gasteiger partial charge in [0, 0.05) is 11.8 Å². The molecule has 3 rings (SSSR count). The highest BCUT2D eigenvalue weighted by Gasteiger charge is 2.30. The molecule has 20 heavy (non-hydrogen) atoms. The lowest BCUT2D eigenvalue weighted by molar-refractivity contribution is -0.137. The van der Waals surface area contributed by atoms with E-state index in [1.165, 1.54) is 12.1 Å². The monoisotopic (exact) mass is 277 g/mol. The molecule has 0 atom stereocenters. The standard InChI is InChI=1S/C14H10F3N3/c1-9-6-7-20-12(8-9)18-13(19-20)10-2-4-11(5-3-10)14(15,16)17/h2-8H,1H3. The fourth-order valence-electron chi connectivity index (χ4n) is 1.91. The van der Waals surface area contributed by atoms with Gasteiger partial charge in [-0.1, -0.05) is 12.1 Å². The van der Waals surface area contributed by atoms with Crippen LogP contribution in [0.1, 0.15) is 11.1 Å². The lowest BCUT2D eigenvalue weighted by Gasteiger charge is -2.05. The molecule has 0 fully saturated rings. The maximum absolute atomic E-state index is 12.5. The number of aromatic nitrogens is 3. The Hall–Kier alpha value is -2.37. The highest BCUT2D eigenvalue weighted by molar-refractivity contribution is 5.58. The Bertz CT molecular complexity index is 757. The van der Waals surface area contributed by atoms with Crippen LogP contribution in [-0.4, -0.2) is 14.6 Å². The molecule has 0 unspecified atom stereocenters. The first-order chi connectivity index (χ1) is 9.43. The van der Waals surface area contributed by atoms with Gasteiger partial charge in [0.05, 0.1) is 5.56 Å². The van der Waals surface area contributed by atoms with Crippen LogP contribution in [0.25, 0.3) is 17.0 Å². The summed E-state index contributed by atoms with van der Waals surface area (Å²) in [7, 11) is 0. The summed E-state index contributed by atoms with van der Waals surface area (Å²) in [5.74, 6) is 0.407. The molecule has 2 heterocycles. The predicted octanol–water partition coefficient (Wildman–Crippen LogP) is 3.72. The van der Waals surface area contributed by atoms with Crippen molar-refractivity contribution in [2.24, 2.45) is 0 Å². The minimum atomic E-state index is -4.33. The molecule has 102 valence electrons. The third-order valence-electron chi connectivity index (χ3n) is 2.96. The molecule has 0 saturated carbocycles. The second kappa shape index (κ2) is 4.33. The van der Waals surface area contributed by atoms with Crippen molar-refractivity contribution in [2.45, 2.75) is 13.1 Å². The summed E-state index contributed by atoms with van der Waals surface area (Å²) in [4.78, 5) is 4.31. The van der Waals surface area contributed by atoms with E-state index in [1.807, 2.05) is 19.1 Å². The van der Waals surface area contributed by atoms with E-state index < -0.39 is 11.7 Å². The van der Waals surface area contributed by atoms with E-state index in [-0.39, 0.29) is 0 Å². The minimum absolute atomic E-state index is 0.407. The number of rotatable bonds is 1. The minimum Gasteiger partial charge on any atom is -0.221 e. The summed E-state index contributed by atoms with van der Waals surface area (Å²) < 4.78 is 39.1. The second-order valence-electron chi connectivity index (χ2n) is 4.52. The molecule has 1 aromatic carbocycles. The molecular weight excluding hydrogens is 267 g/mol. The first-order valence-electron chi connectivity index (χ1n) is 5.94. The molecule has 0 radical (unpaired) electrons. The largest absolute Gasteiger partial charge is 0.416 e. The second-order valence-corrected chi connectivity index (χ2v) is 4.52. The zero-order valence-corrected chi connectivity index (χ0v) is 10.5. The molecule has 6 heteroatoms. The van der Waals surface area contributed by atoms with Crippen molar-refractivity contribution in [3.05, 3.63) is 53.7 Å². The van der Waals surface area contributed by atoms with Gasteiger partial charge in [0.25, 0.3) is 0 Å². The average Bonchev–Trinajstić information content (AvgIpc) is 2.80. The van der Waals surface area contributed by atoms with Crippen LogP contribution in [0.5, 0.6) is 0 Å². The number of hydrogen-bond donors (Lipinski definition) is 0. The van der Waals surface area contributed by atoms with Gasteiger partial charge in [0.15, 0.2) is 11.5 Å². The summed E-state index contributed by atoms with van der Waals surface area (Å²) in [5.41, 5.74) is 1.59. The topological polar surface area (TPSA) is 30.2 Å². The predicted molar refractivity (Wildman–Crippen MR) is 68.2 cm³/mol. The Morgan fingerprint density at radius 3 is 2.40 bits per heavy atom. The third kappa shape index (κ3) is 2.24. The van der Waals surface area contributed by atoms with Crippen LogP contribution in [-0.2, 0) is 6.18 Å². The molecule has 0 N–H and O–H groups in total. The number of hydrogen-bond acceptors (Lipinski definition) is 2. The van der Waals surface area contributed by atoms with Gasteiger partial charge in [-0.15, -0.1) is 5.10 Å². The van der Waals surface area contributed by atoms with Crippen molar-refractivity contribution < 1.29 is 13.2 Å². The molecule has 0 spiro atoms. The van der Waals surface area contributed by atoms with E-state index in [2.05, 4.69) is 10.1 Å². The van der Waals surface area contributed by atoms with E-state index in [1.54, 1.807) is 10.7 Å². The van der Waals surface area contributed by atoms with Crippen molar-refractivity contribution in [1.82, 2.24) is 14.6 Å². The first kappa shape index (κ1) is 12.7. The quantitative estimate of drug-likeness (QED) is 0.678. The Morgan fingerprint density at radius 2 is 1.75 bits per heavy atom. The van der Waals surface area contributed by atoms with Crippen LogP contribution >= 0.6 is 0 Å². The summed E-state index contributed by atoms with van der Waals surface area (Å²) in [6.07, 6.45) is -2.56. The zero-order valence-electron chi connectivity index (χ0n) is 10.5. The molecule has 0 aliphatic carbocycles. The average molecular weight is 277 g/mol. The highest BCUT2D eigenvalue weighted by atomic mass is 19.4. The Morgan fingerprint density at radius 1 is 1.05 bits per heavy atom. The Kier molecular flexibility index (Phi) is 2.74. The zero-order chi connectivity index (χ0) is 14.3. The van der Waals surface area contributed by atoms with Gasteiger partial charge >= 0.3 is 6.18 Å². The van der Waals surface area contributed by atoms with Crippen molar-refractivity contribution in [3.63, 3.8) is 0 Å². The van der Waals surface area contributed by atoms with Crippen LogP contribution in [0.2, 0.25) is 0 Å². The fraction of sp³-hybridized carbons (Fsp3) is 0.143. The first-order valence-corrected chi connectivity index (χ1v) is 5.94. The molecular formula is C14H10F3N3. The maximum Gasteiger partial charge on any atom is 0.416 e. The van der Waals surface area contributed by atoms with E-state index in [9.17, 15) is 13.2 Å². The molecule has 0 saturated heterocycles. The van der Waals surface area contributed by atoms with Crippen molar-refractivity contribution in [1.29, 1.82) is 0 Å². The van der Waals surface area contributed by atoms with Gasteiger partial charge in [-0.05, 0) is 36.8 Å². The third-order valence-corrected chi connectivity index (χ3v) is 2.96. The highest BCUT2D eigenvalue weighted by Crippen LogP contribution is 2.30. The lowest BCUT2D eigenvalue weighted by Crippen LogP contribution is -2.04. The van der Waals surface area contributed by atoms with Gasteiger partial charge in [-0.2, -0.15) is 13.2 Å². The smallest absolute Gasteiger partial charge is 0.221 e. The number of alkyl halides is 3. The van der Waals surface area contributed by atoms with Crippen LogP contribution in [0.4, 0.5) is 13.2 Å². The molecule has 0 aliphatic heterocycles. The SMILES string of the molecule is Cc1ccn2nc(-c3ccc(C(F)(F)F)cc3)nc2c1. The number of fused-ring (bicyclic) bond motifs is 1. The van der Waals surface area contributed by atoms with E-state index in [4.69, 9.17) is 0 Å². The van der Waals surface area contributed by atoms with Crippen molar-refractivity contribution in [2.75, 3.05) is 0 Å². The Balaban J connectivity index is 2.02. The number of nitrogens with zero attached hydrogens (tertiary/aromatic N) is 3.